The molecule has 2 heterocycles. The molecule has 8 heteroatoms. The second-order valence-electron chi connectivity index (χ2n) is 7.01. The Bertz CT molecular complexity index is 924. The van der Waals surface area contributed by atoms with Gasteiger partial charge >= 0.3 is 6.03 Å². The summed E-state index contributed by atoms with van der Waals surface area (Å²) in [5.74, 6) is 1.73. The zero-order valence-corrected chi connectivity index (χ0v) is 16.8. The molecule has 1 fully saturated rings. The maximum Gasteiger partial charge on any atom is 0.321 e. The van der Waals surface area contributed by atoms with Crippen molar-refractivity contribution in [3.63, 3.8) is 0 Å². The predicted molar refractivity (Wildman–Crippen MR) is 112 cm³/mol. The molecule has 4 rings (SSSR count). The highest BCUT2D eigenvalue weighted by Crippen LogP contribution is 2.35. The third kappa shape index (κ3) is 5.51. The van der Waals surface area contributed by atoms with E-state index >= 15 is 0 Å². The average molecular weight is 410 g/mol. The minimum absolute atomic E-state index is 0.305. The van der Waals surface area contributed by atoms with Crippen LogP contribution in [0, 0.1) is 0 Å². The third-order valence-electron chi connectivity index (χ3n) is 4.83. The molecule has 3 aromatic rings. The van der Waals surface area contributed by atoms with Crippen molar-refractivity contribution in [1.29, 1.82) is 0 Å². The fourth-order valence-corrected chi connectivity index (χ4v) is 4.22. The molecule has 2 amide bonds. The van der Waals surface area contributed by atoms with Crippen molar-refractivity contribution >= 4 is 22.5 Å². The summed E-state index contributed by atoms with van der Waals surface area (Å²) in [4.78, 5) is 16.4. The molecule has 1 aliphatic carbocycles. The van der Waals surface area contributed by atoms with Gasteiger partial charge in [-0.25, -0.2) is 9.78 Å². The number of nitrogens with one attached hydrogen (secondary N) is 2. The molecule has 0 spiro atoms. The second kappa shape index (κ2) is 9.47. The van der Waals surface area contributed by atoms with Crippen LogP contribution in [0.1, 0.15) is 48.6 Å². The summed E-state index contributed by atoms with van der Waals surface area (Å²) in [6.45, 7) is 0.360. The molecule has 2 aromatic heterocycles. The summed E-state index contributed by atoms with van der Waals surface area (Å²) in [7, 11) is 0. The zero-order valence-electron chi connectivity index (χ0n) is 16.0. The number of hydrogen-bond acceptors (Lipinski definition) is 6. The van der Waals surface area contributed by atoms with Crippen LogP contribution in [-0.4, -0.2) is 21.2 Å². The number of hydrogen-bond donors (Lipinski definition) is 2. The van der Waals surface area contributed by atoms with E-state index < -0.39 is 0 Å². The largest absolute Gasteiger partial charge is 0.439 e. The molecular formula is C21H23N5O2S. The highest BCUT2D eigenvalue weighted by Gasteiger charge is 2.20. The van der Waals surface area contributed by atoms with Gasteiger partial charge in [0.25, 0.3) is 0 Å². The van der Waals surface area contributed by atoms with Crippen molar-refractivity contribution < 1.29 is 9.53 Å². The van der Waals surface area contributed by atoms with Crippen LogP contribution in [0.2, 0.25) is 0 Å². The van der Waals surface area contributed by atoms with Gasteiger partial charge in [-0.1, -0.05) is 54.9 Å². The molecule has 7 nitrogen and oxygen atoms in total. The molecular weight excluding hydrogens is 386 g/mol. The Balaban J connectivity index is 1.25. The van der Waals surface area contributed by atoms with E-state index in [9.17, 15) is 4.79 Å². The first-order valence-corrected chi connectivity index (χ1v) is 10.6. The summed E-state index contributed by atoms with van der Waals surface area (Å²) in [6, 6.07) is 12.8. The first-order valence-electron chi connectivity index (χ1n) is 9.82. The monoisotopic (exact) mass is 409 g/mol. The molecule has 1 aromatic carbocycles. The van der Waals surface area contributed by atoms with Crippen LogP contribution in [0.4, 0.5) is 9.93 Å². The third-order valence-corrected chi connectivity index (χ3v) is 5.83. The average Bonchev–Trinajstić information content (AvgIpc) is 3.23. The highest BCUT2D eigenvalue weighted by atomic mass is 32.1. The Labute approximate surface area is 173 Å². The lowest BCUT2D eigenvalue weighted by atomic mass is 9.90. The number of aromatic nitrogens is 3. The smallest absolute Gasteiger partial charge is 0.321 e. The minimum Gasteiger partial charge on any atom is -0.439 e. The van der Waals surface area contributed by atoms with Gasteiger partial charge in [-0.15, -0.1) is 10.2 Å². The minimum atomic E-state index is -0.305. The topological polar surface area (TPSA) is 89.0 Å². The van der Waals surface area contributed by atoms with Crippen molar-refractivity contribution in [2.24, 2.45) is 0 Å². The molecule has 150 valence electrons. The number of carbonyl (C=O) groups is 1. The number of rotatable bonds is 6. The van der Waals surface area contributed by atoms with Crippen LogP contribution in [0.5, 0.6) is 11.6 Å². The molecule has 0 unspecified atom stereocenters. The summed E-state index contributed by atoms with van der Waals surface area (Å²) >= 11 is 1.47. The number of nitrogens with zero attached hydrogens (tertiary/aromatic N) is 3. The Morgan fingerprint density at radius 1 is 1.07 bits per heavy atom. The van der Waals surface area contributed by atoms with E-state index in [0.29, 0.717) is 23.5 Å². The SMILES string of the molecule is O=C(NCc1ccc(Oc2ccccc2)nc1)Nc1nnc(C2CCCCC2)s1. The Morgan fingerprint density at radius 3 is 2.66 bits per heavy atom. The standard InChI is InChI=1S/C21H23N5O2S/c27-20(24-21-26-25-19(29-21)16-7-3-1-4-8-16)23-14-15-11-12-18(22-13-15)28-17-9-5-2-6-10-17/h2,5-6,9-13,16H,1,3-4,7-8,14H2,(H2,23,24,26,27). The summed E-state index contributed by atoms with van der Waals surface area (Å²) < 4.78 is 5.67. The van der Waals surface area contributed by atoms with Gasteiger partial charge < -0.3 is 10.1 Å². The molecule has 0 aliphatic heterocycles. The van der Waals surface area contributed by atoms with Crippen LogP contribution in [0.25, 0.3) is 0 Å². The molecule has 1 saturated carbocycles. The van der Waals surface area contributed by atoms with E-state index in [1.807, 2.05) is 36.4 Å². The molecule has 2 N–H and O–H groups in total. The van der Waals surface area contributed by atoms with Crippen molar-refractivity contribution in [3.8, 4) is 11.6 Å². The number of amides is 2. The van der Waals surface area contributed by atoms with Gasteiger partial charge in [0.15, 0.2) is 0 Å². The number of pyridine rings is 1. The van der Waals surface area contributed by atoms with E-state index in [1.54, 1.807) is 12.3 Å². The zero-order chi connectivity index (χ0) is 19.9. The van der Waals surface area contributed by atoms with Gasteiger partial charge in [0.1, 0.15) is 10.8 Å². The number of benzene rings is 1. The molecule has 0 bridgehead atoms. The Kier molecular flexibility index (Phi) is 6.31. The van der Waals surface area contributed by atoms with Crippen LogP contribution >= 0.6 is 11.3 Å². The number of carbonyl (C=O) groups excluding carboxylic acids is 1. The van der Waals surface area contributed by atoms with Crippen LogP contribution in [0.15, 0.2) is 48.7 Å². The van der Waals surface area contributed by atoms with Crippen LogP contribution < -0.4 is 15.4 Å². The highest BCUT2D eigenvalue weighted by molar-refractivity contribution is 7.15. The lowest BCUT2D eigenvalue weighted by Crippen LogP contribution is -2.28. The number of ether oxygens (including phenoxy) is 1. The number of urea groups is 1. The van der Waals surface area contributed by atoms with Crippen molar-refractivity contribution in [3.05, 3.63) is 59.2 Å². The van der Waals surface area contributed by atoms with Crippen molar-refractivity contribution in [1.82, 2.24) is 20.5 Å². The quantitative estimate of drug-likeness (QED) is 0.592. The van der Waals surface area contributed by atoms with Gasteiger partial charge in [-0.2, -0.15) is 0 Å². The summed E-state index contributed by atoms with van der Waals surface area (Å²) in [5.41, 5.74) is 0.876. The van der Waals surface area contributed by atoms with E-state index in [2.05, 4.69) is 25.8 Å². The first-order chi connectivity index (χ1) is 14.3. The van der Waals surface area contributed by atoms with Crippen molar-refractivity contribution in [2.45, 2.75) is 44.6 Å². The van der Waals surface area contributed by atoms with E-state index in [4.69, 9.17) is 4.74 Å². The van der Waals surface area contributed by atoms with Gasteiger partial charge in [-0.05, 0) is 30.5 Å². The van der Waals surface area contributed by atoms with Crippen LogP contribution in [-0.2, 0) is 6.54 Å². The van der Waals surface area contributed by atoms with E-state index in [1.165, 1.54) is 30.6 Å². The van der Waals surface area contributed by atoms with Gasteiger partial charge in [0, 0.05) is 24.7 Å². The Hall–Kier alpha value is -3.00. The first kappa shape index (κ1) is 19.3. The molecule has 0 atom stereocenters. The fourth-order valence-electron chi connectivity index (χ4n) is 3.31. The number of anilines is 1. The predicted octanol–water partition coefficient (Wildman–Crippen LogP) is 5.09. The summed E-state index contributed by atoms with van der Waals surface area (Å²) in [5, 5.41) is 15.5. The molecule has 0 saturated heterocycles. The van der Waals surface area contributed by atoms with Gasteiger partial charge in [-0.3, -0.25) is 5.32 Å². The fraction of sp³-hybridized carbons (Fsp3) is 0.333. The lowest BCUT2D eigenvalue weighted by Gasteiger charge is -2.18. The van der Waals surface area contributed by atoms with Gasteiger partial charge in [0.05, 0.1) is 0 Å². The van der Waals surface area contributed by atoms with Crippen molar-refractivity contribution in [2.75, 3.05) is 5.32 Å². The molecule has 29 heavy (non-hydrogen) atoms. The van der Waals surface area contributed by atoms with Gasteiger partial charge in [0.2, 0.25) is 11.0 Å². The normalized spacial score (nSPS) is 14.3. The molecule has 0 radical (unpaired) electrons. The van der Waals surface area contributed by atoms with Crippen LogP contribution in [0.3, 0.4) is 0 Å². The molecule has 1 aliphatic rings. The maximum atomic E-state index is 12.2. The Morgan fingerprint density at radius 2 is 1.90 bits per heavy atom. The maximum absolute atomic E-state index is 12.2. The second-order valence-corrected chi connectivity index (χ2v) is 8.02. The van der Waals surface area contributed by atoms with E-state index in [0.717, 1.165) is 29.2 Å². The van der Waals surface area contributed by atoms with E-state index in [-0.39, 0.29) is 6.03 Å². The number of para-hydroxylation sites is 1. The summed E-state index contributed by atoms with van der Waals surface area (Å²) in [6.07, 6.45) is 7.81. The lowest BCUT2D eigenvalue weighted by molar-refractivity contribution is 0.251.